The number of halogens is 3. The van der Waals surface area contributed by atoms with Crippen LogP contribution in [0.5, 0.6) is 5.75 Å². The van der Waals surface area contributed by atoms with E-state index in [0.717, 1.165) is 47.0 Å². The first-order chi connectivity index (χ1) is 17.3. The maximum atomic E-state index is 15.3. The molecular weight excluding hydrogens is 471 g/mol. The molecule has 3 aromatic rings. The molecule has 192 valence electrons. The molecule has 0 amide bonds. The van der Waals surface area contributed by atoms with E-state index in [0.29, 0.717) is 0 Å². The largest absolute Gasteiger partial charge is 0.494 e. The van der Waals surface area contributed by atoms with Crippen LogP contribution in [0.15, 0.2) is 46.0 Å². The van der Waals surface area contributed by atoms with Gasteiger partial charge in [0.05, 0.1) is 19.2 Å². The molecular formula is C27H30F3N3O3. The number of nitrogens with zero attached hydrogens (tertiary/aromatic N) is 2. The van der Waals surface area contributed by atoms with Crippen molar-refractivity contribution in [2.24, 2.45) is 5.92 Å². The number of ether oxygens (including phenoxy) is 1. The molecule has 4 rings (SSSR count). The number of rotatable bonds is 8. The van der Waals surface area contributed by atoms with E-state index in [4.69, 9.17) is 4.74 Å². The summed E-state index contributed by atoms with van der Waals surface area (Å²) in [6.07, 6.45) is 4.08. The lowest BCUT2D eigenvalue weighted by atomic mass is 9.98. The van der Waals surface area contributed by atoms with Gasteiger partial charge in [0.25, 0.3) is 5.56 Å². The summed E-state index contributed by atoms with van der Waals surface area (Å²) in [6, 6.07) is 7.68. The number of nitrogens with one attached hydrogen (secondary N) is 1. The van der Waals surface area contributed by atoms with Gasteiger partial charge in [-0.2, -0.15) is 0 Å². The summed E-state index contributed by atoms with van der Waals surface area (Å²) >= 11 is 0. The topological polar surface area (TPSA) is 65.3 Å². The molecule has 1 aliphatic rings. The standard InChI is InChI=1S/C27H30F3N3O3/c1-16-24(18-10-6-13-23(36-3)25(18)30)26(34)33(15-22(31-2)17-8-4-5-9-17)27(35)32(16)14-19-20(28)11-7-12-21(19)29/h6-7,10-13,17,22,31H,4-5,8-9,14-15H2,1-3H3/t22-/m0/s1. The van der Waals surface area contributed by atoms with Crippen molar-refractivity contribution in [1.82, 2.24) is 14.5 Å². The molecule has 36 heavy (non-hydrogen) atoms. The van der Waals surface area contributed by atoms with Crippen molar-refractivity contribution in [3.63, 3.8) is 0 Å². The molecule has 1 aliphatic carbocycles. The maximum Gasteiger partial charge on any atom is 0.331 e. The van der Waals surface area contributed by atoms with Crippen LogP contribution < -0.4 is 21.3 Å². The van der Waals surface area contributed by atoms with E-state index in [9.17, 15) is 18.4 Å². The average Bonchev–Trinajstić information content (AvgIpc) is 3.39. The average molecular weight is 502 g/mol. The van der Waals surface area contributed by atoms with Crippen LogP contribution in [0.1, 0.15) is 36.9 Å². The number of aromatic nitrogens is 2. The van der Waals surface area contributed by atoms with Gasteiger partial charge < -0.3 is 10.1 Å². The zero-order valence-corrected chi connectivity index (χ0v) is 20.6. The van der Waals surface area contributed by atoms with Gasteiger partial charge in [0.15, 0.2) is 11.6 Å². The minimum atomic E-state index is -0.813. The molecule has 0 spiro atoms. The summed E-state index contributed by atoms with van der Waals surface area (Å²) in [4.78, 5) is 27.4. The van der Waals surface area contributed by atoms with E-state index >= 15 is 4.39 Å². The van der Waals surface area contributed by atoms with Gasteiger partial charge in [0.2, 0.25) is 0 Å². The van der Waals surface area contributed by atoms with Gasteiger partial charge in [-0.05, 0) is 50.9 Å². The number of likely N-dealkylation sites (N-methyl/N-ethyl adjacent to an activating group) is 1. The van der Waals surface area contributed by atoms with Crippen LogP contribution in [0.25, 0.3) is 11.1 Å². The van der Waals surface area contributed by atoms with Crippen molar-refractivity contribution in [2.75, 3.05) is 14.2 Å². The van der Waals surface area contributed by atoms with Gasteiger partial charge in [-0.1, -0.05) is 31.0 Å². The first-order valence-corrected chi connectivity index (χ1v) is 12.1. The van der Waals surface area contributed by atoms with Crippen LogP contribution >= 0.6 is 0 Å². The number of hydrogen-bond donors (Lipinski definition) is 1. The first-order valence-electron chi connectivity index (χ1n) is 12.1. The predicted molar refractivity (Wildman–Crippen MR) is 132 cm³/mol. The fourth-order valence-electron chi connectivity index (χ4n) is 5.19. The monoisotopic (exact) mass is 501 g/mol. The van der Waals surface area contributed by atoms with Gasteiger partial charge in [-0.3, -0.25) is 13.9 Å². The molecule has 1 N–H and O–H groups in total. The quantitative estimate of drug-likeness (QED) is 0.502. The molecule has 1 saturated carbocycles. The summed E-state index contributed by atoms with van der Waals surface area (Å²) in [5.74, 6) is -2.17. The molecule has 6 nitrogen and oxygen atoms in total. The van der Waals surface area contributed by atoms with Crippen LogP contribution in [0.2, 0.25) is 0 Å². The van der Waals surface area contributed by atoms with Crippen LogP contribution in [0, 0.1) is 30.3 Å². The van der Waals surface area contributed by atoms with Gasteiger partial charge in [-0.25, -0.2) is 18.0 Å². The van der Waals surface area contributed by atoms with Crippen LogP contribution in [-0.4, -0.2) is 29.3 Å². The first kappa shape index (κ1) is 25.8. The third-order valence-electron chi connectivity index (χ3n) is 7.24. The molecule has 1 heterocycles. The zero-order valence-electron chi connectivity index (χ0n) is 20.6. The lowest BCUT2D eigenvalue weighted by molar-refractivity contribution is 0.328. The Kier molecular flexibility index (Phi) is 7.68. The van der Waals surface area contributed by atoms with Crippen molar-refractivity contribution in [1.29, 1.82) is 0 Å². The number of benzene rings is 2. The van der Waals surface area contributed by atoms with Gasteiger partial charge in [0, 0.05) is 29.4 Å². The smallest absolute Gasteiger partial charge is 0.331 e. The Bertz CT molecular complexity index is 1360. The molecule has 2 aromatic carbocycles. The molecule has 0 radical (unpaired) electrons. The molecule has 1 fully saturated rings. The zero-order chi connectivity index (χ0) is 26.0. The van der Waals surface area contributed by atoms with Crippen LogP contribution in [0.4, 0.5) is 13.2 Å². The fraction of sp³-hybridized carbons (Fsp3) is 0.407. The third kappa shape index (κ3) is 4.72. The Morgan fingerprint density at radius 3 is 2.28 bits per heavy atom. The lowest BCUT2D eigenvalue weighted by Gasteiger charge is -2.25. The third-order valence-corrected chi connectivity index (χ3v) is 7.24. The molecule has 9 heteroatoms. The second-order valence-corrected chi connectivity index (χ2v) is 9.21. The Balaban J connectivity index is 1.95. The lowest BCUT2D eigenvalue weighted by Crippen LogP contribution is -2.48. The second kappa shape index (κ2) is 10.7. The van der Waals surface area contributed by atoms with E-state index in [1.54, 1.807) is 13.1 Å². The van der Waals surface area contributed by atoms with Crippen molar-refractivity contribution in [2.45, 2.75) is 51.7 Å². The highest BCUT2D eigenvalue weighted by molar-refractivity contribution is 5.67. The Morgan fingerprint density at radius 2 is 1.67 bits per heavy atom. The Labute approximate surface area is 207 Å². The van der Waals surface area contributed by atoms with Gasteiger partial charge in [-0.15, -0.1) is 0 Å². The highest BCUT2D eigenvalue weighted by Gasteiger charge is 2.28. The summed E-state index contributed by atoms with van der Waals surface area (Å²) in [5, 5.41) is 3.22. The Hall–Kier alpha value is -3.33. The highest BCUT2D eigenvalue weighted by Crippen LogP contribution is 2.30. The SMILES string of the molecule is CN[C@@H](Cn1c(=O)c(-c2cccc(OC)c2F)c(C)n(Cc2c(F)cccc2F)c1=O)C1CCCC1. The molecule has 0 bridgehead atoms. The van der Waals surface area contributed by atoms with Crippen LogP contribution in [0.3, 0.4) is 0 Å². The minimum Gasteiger partial charge on any atom is -0.494 e. The van der Waals surface area contributed by atoms with Gasteiger partial charge in [0.1, 0.15) is 11.6 Å². The molecule has 0 aliphatic heterocycles. The minimum absolute atomic E-state index is 0.0461. The highest BCUT2D eigenvalue weighted by atomic mass is 19.1. The van der Waals surface area contributed by atoms with Crippen molar-refractivity contribution >= 4 is 0 Å². The number of methoxy groups -OCH3 is 1. The maximum absolute atomic E-state index is 15.3. The molecule has 0 unspecified atom stereocenters. The molecule has 0 saturated heterocycles. The van der Waals surface area contributed by atoms with Crippen molar-refractivity contribution in [3.05, 3.63) is 85.9 Å². The summed E-state index contributed by atoms with van der Waals surface area (Å²) in [5.41, 5.74) is -1.67. The Morgan fingerprint density at radius 1 is 1.03 bits per heavy atom. The second-order valence-electron chi connectivity index (χ2n) is 9.21. The summed E-state index contributed by atoms with van der Waals surface area (Å²) < 4.78 is 51.6. The van der Waals surface area contributed by atoms with Crippen LogP contribution in [-0.2, 0) is 13.1 Å². The summed E-state index contributed by atoms with van der Waals surface area (Å²) in [7, 11) is 3.09. The van der Waals surface area contributed by atoms with E-state index in [1.165, 1.54) is 32.2 Å². The molecule has 1 aromatic heterocycles. The summed E-state index contributed by atoms with van der Waals surface area (Å²) in [6.45, 7) is 1.08. The fourth-order valence-corrected chi connectivity index (χ4v) is 5.19. The van der Waals surface area contributed by atoms with E-state index in [-0.39, 0.29) is 46.6 Å². The molecule has 1 atom stereocenters. The number of hydrogen-bond acceptors (Lipinski definition) is 4. The van der Waals surface area contributed by atoms with Gasteiger partial charge >= 0.3 is 5.69 Å². The van der Waals surface area contributed by atoms with Crippen molar-refractivity contribution in [3.8, 4) is 16.9 Å². The van der Waals surface area contributed by atoms with E-state index in [2.05, 4.69) is 5.32 Å². The van der Waals surface area contributed by atoms with E-state index in [1.807, 2.05) is 0 Å². The van der Waals surface area contributed by atoms with E-state index < -0.39 is 35.2 Å². The normalized spacial score (nSPS) is 14.8. The predicted octanol–water partition coefficient (Wildman–Crippen LogP) is 4.24. The van der Waals surface area contributed by atoms with Crippen molar-refractivity contribution < 1.29 is 17.9 Å².